The summed E-state index contributed by atoms with van der Waals surface area (Å²) in [6, 6.07) is 8.18. The van der Waals surface area contributed by atoms with Crippen molar-refractivity contribution in [1.29, 1.82) is 0 Å². The summed E-state index contributed by atoms with van der Waals surface area (Å²) in [5.41, 5.74) is 2.34. The van der Waals surface area contributed by atoms with Crippen LogP contribution in [0.5, 0.6) is 0 Å². The van der Waals surface area contributed by atoms with E-state index >= 15 is 0 Å². The number of rotatable bonds is 4. The van der Waals surface area contributed by atoms with Gasteiger partial charge in [-0.1, -0.05) is 29.8 Å². The molecule has 0 aliphatic heterocycles. The molecule has 0 N–H and O–H groups in total. The van der Waals surface area contributed by atoms with E-state index in [4.69, 9.17) is 4.74 Å². The van der Waals surface area contributed by atoms with Gasteiger partial charge in [0.2, 0.25) is 0 Å². The Kier molecular flexibility index (Phi) is 3.94. The first-order valence-corrected chi connectivity index (χ1v) is 6.22. The summed E-state index contributed by atoms with van der Waals surface area (Å²) >= 11 is 0. The highest BCUT2D eigenvalue weighted by molar-refractivity contribution is 5.84. The molecule has 0 aliphatic carbocycles. The third kappa shape index (κ3) is 3.19. The van der Waals surface area contributed by atoms with Gasteiger partial charge < -0.3 is 4.74 Å². The van der Waals surface area contributed by atoms with E-state index in [0.717, 1.165) is 11.4 Å². The highest BCUT2D eigenvalue weighted by atomic mass is 16.5. The highest BCUT2D eigenvalue weighted by Crippen LogP contribution is 2.10. The van der Waals surface area contributed by atoms with Crippen molar-refractivity contribution in [3.63, 3.8) is 0 Å². The standard InChI is InChI=1S/C14H17N3O2/c1-4-19-14(18)13-15-12(17(3)16-13)9-11-7-5-6-10(2)8-11/h5-8H,4,9H2,1-3H3. The van der Waals surface area contributed by atoms with Gasteiger partial charge in [-0.3, -0.25) is 4.68 Å². The Morgan fingerprint density at radius 2 is 2.21 bits per heavy atom. The average Bonchev–Trinajstić information content (AvgIpc) is 2.71. The molecular weight excluding hydrogens is 242 g/mol. The Balaban J connectivity index is 2.19. The van der Waals surface area contributed by atoms with Crippen molar-refractivity contribution >= 4 is 5.97 Å². The van der Waals surface area contributed by atoms with Crippen molar-refractivity contribution in [2.45, 2.75) is 20.3 Å². The van der Waals surface area contributed by atoms with Crippen molar-refractivity contribution in [1.82, 2.24) is 14.8 Å². The van der Waals surface area contributed by atoms with Crippen LogP contribution in [0.15, 0.2) is 24.3 Å². The summed E-state index contributed by atoms with van der Waals surface area (Å²) in [6.45, 7) is 4.13. The second-order valence-corrected chi connectivity index (χ2v) is 4.36. The van der Waals surface area contributed by atoms with Gasteiger partial charge in [0.15, 0.2) is 0 Å². The Morgan fingerprint density at radius 3 is 2.89 bits per heavy atom. The van der Waals surface area contributed by atoms with Crippen LogP contribution in [0.3, 0.4) is 0 Å². The topological polar surface area (TPSA) is 57.0 Å². The van der Waals surface area contributed by atoms with Crippen molar-refractivity contribution in [3.8, 4) is 0 Å². The van der Waals surface area contributed by atoms with E-state index in [-0.39, 0.29) is 5.82 Å². The first-order valence-electron chi connectivity index (χ1n) is 6.22. The third-order valence-corrected chi connectivity index (χ3v) is 2.76. The lowest BCUT2D eigenvalue weighted by Crippen LogP contribution is -2.07. The SMILES string of the molecule is CCOC(=O)c1nc(Cc2cccc(C)c2)n(C)n1. The predicted octanol–water partition coefficient (Wildman–Crippen LogP) is 1.89. The molecule has 2 aromatic rings. The molecule has 0 bridgehead atoms. The summed E-state index contributed by atoms with van der Waals surface area (Å²) in [4.78, 5) is 15.8. The molecule has 0 saturated carbocycles. The van der Waals surface area contributed by atoms with Crippen LogP contribution in [0.4, 0.5) is 0 Å². The molecule has 100 valence electrons. The van der Waals surface area contributed by atoms with Crippen molar-refractivity contribution in [3.05, 3.63) is 47.0 Å². The summed E-state index contributed by atoms with van der Waals surface area (Å²) in [7, 11) is 1.78. The van der Waals surface area contributed by atoms with Crippen molar-refractivity contribution in [2.24, 2.45) is 7.05 Å². The van der Waals surface area contributed by atoms with Gasteiger partial charge in [0.05, 0.1) is 6.61 Å². The Hall–Kier alpha value is -2.17. The molecule has 19 heavy (non-hydrogen) atoms. The Bertz CT molecular complexity index is 590. The molecule has 5 heteroatoms. The average molecular weight is 259 g/mol. The Morgan fingerprint density at radius 1 is 1.42 bits per heavy atom. The first-order chi connectivity index (χ1) is 9.10. The van der Waals surface area contributed by atoms with E-state index in [1.165, 1.54) is 5.56 Å². The summed E-state index contributed by atoms with van der Waals surface area (Å²) in [6.07, 6.45) is 0.643. The van der Waals surface area contributed by atoms with Gasteiger partial charge in [-0.25, -0.2) is 9.78 Å². The second-order valence-electron chi connectivity index (χ2n) is 4.36. The lowest BCUT2D eigenvalue weighted by molar-refractivity contribution is 0.0512. The van der Waals surface area contributed by atoms with Crippen LogP contribution in [-0.4, -0.2) is 27.3 Å². The molecule has 0 amide bonds. The number of benzene rings is 1. The number of ether oxygens (including phenoxy) is 1. The molecule has 0 spiro atoms. The zero-order valence-corrected chi connectivity index (χ0v) is 11.4. The lowest BCUT2D eigenvalue weighted by Gasteiger charge is -2.01. The fourth-order valence-electron chi connectivity index (χ4n) is 1.86. The van der Waals surface area contributed by atoms with Crippen LogP contribution in [0.1, 0.15) is 34.5 Å². The van der Waals surface area contributed by atoms with Crippen LogP contribution < -0.4 is 0 Å². The highest BCUT2D eigenvalue weighted by Gasteiger charge is 2.15. The van der Waals surface area contributed by atoms with Gasteiger partial charge in [0, 0.05) is 13.5 Å². The van der Waals surface area contributed by atoms with E-state index in [0.29, 0.717) is 13.0 Å². The molecule has 0 unspecified atom stereocenters. The molecule has 1 aromatic carbocycles. The summed E-state index contributed by atoms with van der Waals surface area (Å²) < 4.78 is 6.51. The zero-order chi connectivity index (χ0) is 13.8. The minimum absolute atomic E-state index is 0.118. The van der Waals surface area contributed by atoms with Gasteiger partial charge in [-0.05, 0) is 19.4 Å². The Labute approximate surface area is 112 Å². The maximum Gasteiger partial charge on any atom is 0.378 e. The lowest BCUT2D eigenvalue weighted by atomic mass is 10.1. The summed E-state index contributed by atoms with van der Waals surface area (Å²) in [5, 5.41) is 4.08. The molecule has 1 heterocycles. The number of carbonyl (C=O) groups is 1. The number of aromatic nitrogens is 3. The van der Waals surface area contributed by atoms with Crippen LogP contribution in [-0.2, 0) is 18.2 Å². The maximum atomic E-state index is 11.6. The normalized spacial score (nSPS) is 10.5. The van der Waals surface area contributed by atoms with E-state index in [9.17, 15) is 4.79 Å². The molecule has 2 rings (SSSR count). The van der Waals surface area contributed by atoms with Gasteiger partial charge in [-0.2, -0.15) is 0 Å². The molecule has 1 aromatic heterocycles. The summed E-state index contributed by atoms with van der Waals surface area (Å²) in [5.74, 6) is 0.384. The molecule has 0 fully saturated rings. The van der Waals surface area contributed by atoms with Crippen LogP contribution >= 0.6 is 0 Å². The van der Waals surface area contributed by atoms with Gasteiger partial charge in [0.1, 0.15) is 5.82 Å². The number of carbonyl (C=O) groups excluding carboxylic acids is 1. The van der Waals surface area contributed by atoms with E-state index in [1.807, 2.05) is 25.1 Å². The minimum Gasteiger partial charge on any atom is -0.460 e. The van der Waals surface area contributed by atoms with Crippen LogP contribution in [0.2, 0.25) is 0 Å². The maximum absolute atomic E-state index is 11.6. The van der Waals surface area contributed by atoms with Gasteiger partial charge >= 0.3 is 5.97 Å². The number of hydrogen-bond donors (Lipinski definition) is 0. The van der Waals surface area contributed by atoms with Gasteiger partial charge in [0.25, 0.3) is 5.82 Å². The number of aryl methyl sites for hydroxylation is 2. The smallest absolute Gasteiger partial charge is 0.378 e. The largest absolute Gasteiger partial charge is 0.460 e. The molecule has 5 nitrogen and oxygen atoms in total. The van der Waals surface area contributed by atoms with E-state index in [1.54, 1.807) is 18.7 Å². The van der Waals surface area contributed by atoms with E-state index < -0.39 is 5.97 Å². The number of hydrogen-bond acceptors (Lipinski definition) is 4. The minimum atomic E-state index is -0.478. The van der Waals surface area contributed by atoms with Gasteiger partial charge in [-0.15, -0.1) is 5.10 Å². The molecule has 0 atom stereocenters. The van der Waals surface area contributed by atoms with Crippen LogP contribution in [0, 0.1) is 6.92 Å². The van der Waals surface area contributed by atoms with Crippen molar-refractivity contribution in [2.75, 3.05) is 6.61 Å². The predicted molar refractivity (Wildman–Crippen MR) is 70.9 cm³/mol. The second kappa shape index (κ2) is 5.65. The fraction of sp³-hybridized carbons (Fsp3) is 0.357. The molecule has 0 saturated heterocycles. The van der Waals surface area contributed by atoms with E-state index in [2.05, 4.69) is 16.1 Å². The zero-order valence-electron chi connectivity index (χ0n) is 11.4. The molecule has 0 radical (unpaired) electrons. The number of esters is 1. The first kappa shape index (κ1) is 13.3. The van der Waals surface area contributed by atoms with Crippen LogP contribution in [0.25, 0.3) is 0 Å². The number of nitrogens with zero attached hydrogens (tertiary/aromatic N) is 3. The quantitative estimate of drug-likeness (QED) is 0.787. The third-order valence-electron chi connectivity index (χ3n) is 2.76. The van der Waals surface area contributed by atoms with Crippen molar-refractivity contribution < 1.29 is 9.53 Å². The fourth-order valence-corrected chi connectivity index (χ4v) is 1.86. The molecule has 0 aliphatic rings. The molecular formula is C14H17N3O2. The monoisotopic (exact) mass is 259 g/mol.